The van der Waals surface area contributed by atoms with Crippen LogP contribution < -0.4 is 18.8 Å². The van der Waals surface area contributed by atoms with Crippen molar-refractivity contribution in [1.82, 2.24) is 14.7 Å². The summed E-state index contributed by atoms with van der Waals surface area (Å²) >= 11 is -1.74. The number of ether oxygens (including phenoxy) is 1. The monoisotopic (exact) mass is 577 g/mol. The van der Waals surface area contributed by atoms with Gasteiger partial charge in [-0.15, -0.1) is 0 Å². The average Bonchev–Trinajstić information content (AvgIpc) is 3.56. The van der Waals surface area contributed by atoms with Crippen molar-refractivity contribution in [3.63, 3.8) is 0 Å². The van der Waals surface area contributed by atoms with Gasteiger partial charge in [-0.3, -0.25) is 0 Å². The summed E-state index contributed by atoms with van der Waals surface area (Å²) in [4.78, 5) is 48.0. The number of fused-ring (bicyclic) bond motifs is 4. The van der Waals surface area contributed by atoms with E-state index >= 15 is 0 Å². The Morgan fingerprint density at radius 2 is 2.00 bits per heavy atom. The van der Waals surface area contributed by atoms with Gasteiger partial charge in [0.2, 0.25) is 0 Å². The third kappa shape index (κ3) is 3.47. The van der Waals surface area contributed by atoms with Crippen LogP contribution in [-0.2, 0) is 16.1 Å². The molecule has 2 saturated heterocycles. The van der Waals surface area contributed by atoms with E-state index in [9.17, 15) is 14.4 Å². The molecule has 9 nitrogen and oxygen atoms in total. The van der Waals surface area contributed by atoms with Crippen LogP contribution in [0.5, 0.6) is 5.75 Å². The first-order valence-corrected chi connectivity index (χ1v) is 14.9. The number of aliphatic imine (C=N–C) groups is 1. The van der Waals surface area contributed by atoms with Crippen LogP contribution in [0.1, 0.15) is 24.8 Å². The van der Waals surface area contributed by atoms with E-state index in [1.165, 1.54) is 0 Å². The standard InChI is InChI=1S/C25H23N5O4.Sn/c31-15-21-18-3-1-4-19-24(18)27-30(25(19)33)12-11-28-10-8-17(14-28)34-22-13-16(6-7-20(22)26-21)29-9-2-5-23(29)32;/h1,3-4,6,13,17,27H,2,5,8-12,14H2;/t17-;/m0./s1. The number of rotatable bonds is 1. The molecule has 1 N–H and O–H groups in total. The van der Waals surface area contributed by atoms with Gasteiger partial charge in [0.05, 0.1) is 0 Å². The SMILES string of the molecule is O=[C]1[Sn][c]2cc(N3CCCC3=O)cc3c2N=C1c1cccc2c(=O)n([nH]c12)CCN1CC[C@@H](C1)O3. The van der Waals surface area contributed by atoms with Gasteiger partial charge in [-0.1, -0.05) is 0 Å². The normalized spacial score (nSPS) is 23.5. The minimum absolute atomic E-state index is 0.00732. The number of anilines is 1. The third-order valence-corrected chi connectivity index (χ3v) is 10.5. The first kappa shape index (κ1) is 21.4. The summed E-state index contributed by atoms with van der Waals surface area (Å²) in [5, 5.41) is 3.84. The second-order valence-electron chi connectivity index (χ2n) is 9.53. The van der Waals surface area contributed by atoms with E-state index in [0.717, 1.165) is 47.4 Å². The first-order valence-electron chi connectivity index (χ1n) is 12.0. The Bertz CT molecular complexity index is 1510. The van der Waals surface area contributed by atoms with E-state index < -0.39 is 21.1 Å². The number of nitrogens with one attached hydrogen (secondary N) is 1. The molecule has 6 bridgehead atoms. The molecular weight excluding hydrogens is 553 g/mol. The van der Waals surface area contributed by atoms with E-state index in [1.54, 1.807) is 10.7 Å². The van der Waals surface area contributed by atoms with Crippen LogP contribution in [0.3, 0.4) is 0 Å². The molecule has 0 spiro atoms. The number of aromatic amines is 1. The van der Waals surface area contributed by atoms with E-state index in [4.69, 9.17) is 9.73 Å². The quantitative estimate of drug-likeness (QED) is 0.435. The summed E-state index contributed by atoms with van der Waals surface area (Å²) in [5.41, 5.74) is 3.19. The summed E-state index contributed by atoms with van der Waals surface area (Å²) in [5.74, 6) is 0.771. The van der Waals surface area contributed by atoms with Gasteiger partial charge in [0, 0.05) is 0 Å². The second kappa shape index (κ2) is 8.06. The average molecular weight is 576 g/mol. The maximum absolute atomic E-state index is 13.4. The van der Waals surface area contributed by atoms with Crippen LogP contribution in [0.2, 0.25) is 0 Å². The topological polar surface area (TPSA) is 100 Å². The number of para-hydroxylation sites is 1. The van der Waals surface area contributed by atoms with Crippen LogP contribution in [0.15, 0.2) is 40.1 Å². The number of hydrogen-bond donors (Lipinski definition) is 1. The summed E-state index contributed by atoms with van der Waals surface area (Å²) in [7, 11) is 0. The molecule has 3 aromatic rings. The predicted octanol–water partition coefficient (Wildman–Crippen LogP) is 0.914. The van der Waals surface area contributed by atoms with Crippen molar-refractivity contribution in [3.05, 3.63) is 46.2 Å². The minimum atomic E-state index is -1.74. The molecule has 4 aliphatic rings. The summed E-state index contributed by atoms with van der Waals surface area (Å²) in [6, 6.07) is 9.40. The van der Waals surface area contributed by atoms with Crippen molar-refractivity contribution < 1.29 is 14.3 Å². The molecule has 2 radical (unpaired) electrons. The number of carbonyl (C=O) groups is 2. The van der Waals surface area contributed by atoms with Gasteiger partial charge in [0.1, 0.15) is 0 Å². The predicted molar refractivity (Wildman–Crippen MR) is 133 cm³/mol. The van der Waals surface area contributed by atoms with Gasteiger partial charge in [0.25, 0.3) is 0 Å². The zero-order valence-electron chi connectivity index (χ0n) is 19.0. The van der Waals surface area contributed by atoms with Crippen molar-refractivity contribution in [2.24, 2.45) is 4.99 Å². The number of amides is 1. The molecule has 0 saturated carbocycles. The second-order valence-corrected chi connectivity index (χ2v) is 13.1. The fourth-order valence-corrected chi connectivity index (χ4v) is 8.61. The van der Waals surface area contributed by atoms with E-state index in [1.807, 2.05) is 29.2 Å². The molecule has 1 amide bonds. The van der Waals surface area contributed by atoms with Crippen LogP contribution >= 0.6 is 0 Å². The van der Waals surface area contributed by atoms with Crippen LogP contribution in [0, 0.1) is 0 Å². The fourth-order valence-electron chi connectivity index (χ4n) is 5.55. The van der Waals surface area contributed by atoms with E-state index in [-0.39, 0.29) is 21.4 Å². The molecule has 5 heterocycles. The number of nitrogens with zero attached hydrogens (tertiary/aromatic N) is 4. The molecule has 4 aliphatic heterocycles. The zero-order valence-corrected chi connectivity index (χ0v) is 21.9. The molecule has 35 heavy (non-hydrogen) atoms. The number of aromatic nitrogens is 2. The first-order chi connectivity index (χ1) is 17.0. The third-order valence-electron chi connectivity index (χ3n) is 7.34. The number of benzene rings is 2. The number of hydrogen-bond acceptors (Lipinski definition) is 6. The van der Waals surface area contributed by atoms with Gasteiger partial charge in [-0.05, 0) is 0 Å². The zero-order chi connectivity index (χ0) is 23.7. The Labute approximate surface area is 210 Å². The van der Waals surface area contributed by atoms with Crippen molar-refractivity contribution >= 4 is 62.4 Å². The fraction of sp³-hybridized carbons (Fsp3) is 0.360. The molecule has 2 atom stereocenters. The summed E-state index contributed by atoms with van der Waals surface area (Å²) in [6.07, 6.45) is 2.26. The van der Waals surface area contributed by atoms with Crippen molar-refractivity contribution in [2.45, 2.75) is 31.9 Å². The molecule has 2 fully saturated rings. The molecule has 2 aromatic carbocycles. The Morgan fingerprint density at radius 3 is 2.86 bits per heavy atom. The molecule has 10 heteroatoms. The van der Waals surface area contributed by atoms with Crippen molar-refractivity contribution in [1.29, 1.82) is 0 Å². The number of H-pyrrole nitrogens is 1. The van der Waals surface area contributed by atoms with E-state index in [0.29, 0.717) is 47.4 Å². The Hall–Kier alpha value is -2.92. The molecule has 0 aliphatic carbocycles. The van der Waals surface area contributed by atoms with Crippen LogP contribution in [-0.4, -0.2) is 83.5 Å². The Kier molecular flexibility index (Phi) is 4.92. The molecule has 1 unspecified atom stereocenters. The van der Waals surface area contributed by atoms with Gasteiger partial charge in [-0.25, -0.2) is 0 Å². The van der Waals surface area contributed by atoms with E-state index in [2.05, 4.69) is 10.00 Å². The number of carbonyl (C=O) groups excluding carboxylic acids is 2. The molecular formula is C25H23N5O4Sn. The van der Waals surface area contributed by atoms with Gasteiger partial charge in [-0.2, -0.15) is 0 Å². The van der Waals surface area contributed by atoms with Crippen molar-refractivity contribution in [3.8, 4) is 5.75 Å². The van der Waals surface area contributed by atoms with Crippen molar-refractivity contribution in [2.75, 3.05) is 31.1 Å². The van der Waals surface area contributed by atoms with Crippen LogP contribution in [0.25, 0.3) is 10.9 Å². The van der Waals surface area contributed by atoms with Gasteiger partial charge >= 0.3 is 211 Å². The molecule has 7 rings (SSSR count). The molecule has 176 valence electrons. The Morgan fingerprint density at radius 1 is 1.09 bits per heavy atom. The van der Waals surface area contributed by atoms with Gasteiger partial charge in [0.15, 0.2) is 0 Å². The maximum atomic E-state index is 13.4. The molecule has 1 aromatic heterocycles. The Balaban J connectivity index is 1.45. The van der Waals surface area contributed by atoms with Crippen LogP contribution in [0.4, 0.5) is 11.4 Å². The summed E-state index contributed by atoms with van der Waals surface area (Å²) in [6.45, 7) is 3.61. The van der Waals surface area contributed by atoms with Gasteiger partial charge < -0.3 is 0 Å². The summed E-state index contributed by atoms with van der Waals surface area (Å²) < 4.78 is 9.18.